The van der Waals surface area contributed by atoms with Gasteiger partial charge in [-0.15, -0.1) is 5.10 Å². The van der Waals surface area contributed by atoms with Crippen LogP contribution in [0.2, 0.25) is 18.1 Å². The molecule has 0 bridgehead atoms. The lowest BCUT2D eigenvalue weighted by atomic mass is 10.2. The molecule has 29 heavy (non-hydrogen) atoms. The van der Waals surface area contributed by atoms with Gasteiger partial charge in [-0.3, -0.25) is 0 Å². The second-order valence-corrected chi connectivity index (χ2v) is 16.3. The van der Waals surface area contributed by atoms with Gasteiger partial charge >= 0.3 is 0 Å². The molecule has 0 saturated carbocycles. The Kier molecular flexibility index (Phi) is 7.21. The lowest BCUT2D eigenvalue weighted by molar-refractivity contribution is 0.325. The van der Waals surface area contributed by atoms with Crippen LogP contribution in [-0.4, -0.2) is 46.0 Å². The summed E-state index contributed by atoms with van der Waals surface area (Å²) in [5.41, 5.74) is 0.819. The average molecular weight is 467 g/mol. The summed E-state index contributed by atoms with van der Waals surface area (Å²) in [5.74, 6) is 1.01. The molecule has 0 radical (unpaired) electrons. The fraction of sp³-hybridized carbons (Fsp3) is 0.421. The summed E-state index contributed by atoms with van der Waals surface area (Å²) in [7, 11) is 1.81. The Morgan fingerprint density at radius 1 is 1.10 bits per heavy atom. The minimum atomic E-state index is -1.73. The summed E-state index contributed by atoms with van der Waals surface area (Å²) in [6, 6.07) is 6.83. The molecule has 6 nitrogen and oxygen atoms in total. The molecule has 1 aromatic carbocycles. The third-order valence-electron chi connectivity index (χ3n) is 4.97. The predicted molar refractivity (Wildman–Crippen MR) is 126 cm³/mol. The number of nitrogens with zero attached hydrogens (tertiary/aromatic N) is 4. The van der Waals surface area contributed by atoms with Gasteiger partial charge in [0.15, 0.2) is 8.32 Å². The molecule has 3 rings (SSSR count). The Morgan fingerprint density at radius 3 is 2.38 bits per heavy atom. The second kappa shape index (κ2) is 9.30. The maximum absolute atomic E-state index is 9.45. The highest BCUT2D eigenvalue weighted by Gasteiger charge is 2.37. The average Bonchev–Trinajstić information content (AvgIpc) is 3.14. The molecule has 0 amide bonds. The zero-order chi connectivity index (χ0) is 21.1. The molecule has 0 fully saturated rings. The first-order valence-electron chi connectivity index (χ1n) is 9.24. The summed E-state index contributed by atoms with van der Waals surface area (Å²) in [5, 5.41) is 22.4. The summed E-state index contributed by atoms with van der Waals surface area (Å²) in [6.45, 7) is 12.0. The van der Waals surface area contributed by atoms with Crippen molar-refractivity contribution in [2.24, 2.45) is 0 Å². The summed E-state index contributed by atoms with van der Waals surface area (Å²) in [4.78, 5) is 2.51. The molecule has 1 aromatic heterocycles. The molecule has 0 atom stereocenters. The predicted octanol–water partition coefficient (Wildman–Crippen LogP) is 5.64. The molecular weight excluding hydrogens is 441 g/mol. The molecule has 1 N–H and O–H groups in total. The Morgan fingerprint density at radius 2 is 1.76 bits per heavy atom. The fourth-order valence-electron chi connectivity index (χ4n) is 2.12. The van der Waals surface area contributed by atoms with Gasteiger partial charge in [0.05, 0.1) is 12.3 Å². The van der Waals surface area contributed by atoms with E-state index in [9.17, 15) is 5.11 Å². The van der Waals surface area contributed by atoms with Gasteiger partial charge in [-0.1, -0.05) is 60.2 Å². The van der Waals surface area contributed by atoms with Crippen molar-refractivity contribution in [2.75, 3.05) is 12.4 Å². The lowest BCUT2D eigenvalue weighted by Gasteiger charge is -2.36. The number of hydrogen-bond donors (Lipinski definition) is 1. The number of tetrazole rings is 1. The standard InChI is InChI=1S/C19H26N4O2S3Si/c1-19(2,3)29(4,5)25-12-16-10-11-17(28-27-16)13-26-18-20-21-22-23(18)14-6-8-15(24)9-7-14/h6-11,24H,12-13H2,1-5H3. The maximum atomic E-state index is 9.45. The van der Waals surface area contributed by atoms with Gasteiger partial charge in [-0.2, -0.15) is 4.68 Å². The largest absolute Gasteiger partial charge is 0.508 e. The number of thioether (sulfide) groups is 1. The highest BCUT2D eigenvalue weighted by atomic mass is 33.1. The zero-order valence-corrected chi connectivity index (χ0v) is 20.7. The van der Waals surface area contributed by atoms with Crippen molar-refractivity contribution in [3.05, 3.63) is 46.2 Å². The van der Waals surface area contributed by atoms with E-state index in [-0.39, 0.29) is 10.8 Å². The molecule has 0 saturated heterocycles. The molecule has 0 aliphatic carbocycles. The lowest BCUT2D eigenvalue weighted by Crippen LogP contribution is -2.41. The van der Waals surface area contributed by atoms with Crippen molar-refractivity contribution in [1.82, 2.24) is 20.2 Å². The van der Waals surface area contributed by atoms with Crippen LogP contribution < -0.4 is 0 Å². The molecule has 0 spiro atoms. The summed E-state index contributed by atoms with van der Waals surface area (Å²) < 4.78 is 8.00. The Labute approximate surface area is 185 Å². The Balaban J connectivity index is 1.57. The van der Waals surface area contributed by atoms with Gasteiger partial charge in [-0.05, 0) is 58.9 Å². The SMILES string of the molecule is CC(C)(C)[Si](C)(C)OCC1=CC=C(CSc2nnnn2-c2ccc(O)cc2)SS1. The van der Waals surface area contributed by atoms with Gasteiger partial charge in [0, 0.05) is 15.6 Å². The highest BCUT2D eigenvalue weighted by Crippen LogP contribution is 2.43. The van der Waals surface area contributed by atoms with Crippen LogP contribution in [0.4, 0.5) is 0 Å². The molecule has 0 unspecified atom stereocenters. The number of phenols is 1. The molecule has 1 aliphatic rings. The number of phenolic OH excluding ortho intramolecular Hbond substituents is 1. The normalized spacial score (nSPS) is 15.2. The number of benzene rings is 1. The molecule has 1 aliphatic heterocycles. The first-order valence-corrected chi connectivity index (χ1v) is 15.3. The molecule has 156 valence electrons. The number of aromatic nitrogens is 4. The Bertz CT molecular complexity index is 905. The first kappa shape index (κ1) is 22.5. The van der Waals surface area contributed by atoms with Crippen molar-refractivity contribution in [3.8, 4) is 11.4 Å². The van der Waals surface area contributed by atoms with Crippen LogP contribution >= 0.6 is 33.3 Å². The molecule has 2 aromatic rings. The van der Waals surface area contributed by atoms with E-state index < -0.39 is 8.32 Å². The van der Waals surface area contributed by atoms with Crippen LogP contribution in [0.1, 0.15) is 20.8 Å². The summed E-state index contributed by atoms with van der Waals surface area (Å²) >= 11 is 1.59. The number of aromatic hydroxyl groups is 1. The van der Waals surface area contributed by atoms with Crippen LogP contribution in [0.15, 0.2) is 51.4 Å². The van der Waals surface area contributed by atoms with Crippen LogP contribution in [0.3, 0.4) is 0 Å². The highest BCUT2D eigenvalue weighted by molar-refractivity contribution is 8.79. The minimum Gasteiger partial charge on any atom is -0.508 e. The molecular formula is C19H26N4O2S3Si. The first-order chi connectivity index (χ1) is 13.7. The van der Waals surface area contributed by atoms with Gasteiger partial charge in [0.25, 0.3) is 0 Å². The second-order valence-electron chi connectivity index (χ2n) is 8.16. The fourth-order valence-corrected chi connectivity index (χ4v) is 6.39. The number of rotatable bonds is 7. The van der Waals surface area contributed by atoms with Crippen LogP contribution in [0, 0.1) is 0 Å². The van der Waals surface area contributed by atoms with E-state index in [0.717, 1.165) is 16.6 Å². The van der Waals surface area contributed by atoms with Crippen molar-refractivity contribution < 1.29 is 9.53 Å². The topological polar surface area (TPSA) is 73.1 Å². The van der Waals surface area contributed by atoms with Crippen LogP contribution in [0.25, 0.3) is 5.69 Å². The quantitative estimate of drug-likeness (QED) is 0.319. The van der Waals surface area contributed by atoms with Crippen molar-refractivity contribution in [2.45, 2.75) is 44.1 Å². The maximum Gasteiger partial charge on any atom is 0.214 e. The third-order valence-corrected chi connectivity index (χ3v) is 13.2. The Hall–Kier alpha value is -1.20. The van der Waals surface area contributed by atoms with Gasteiger partial charge in [0.2, 0.25) is 5.16 Å². The zero-order valence-electron chi connectivity index (χ0n) is 17.2. The summed E-state index contributed by atoms with van der Waals surface area (Å²) in [6.07, 6.45) is 4.32. The van der Waals surface area contributed by atoms with E-state index in [0.29, 0.717) is 6.61 Å². The monoisotopic (exact) mass is 466 g/mol. The van der Waals surface area contributed by atoms with E-state index >= 15 is 0 Å². The van der Waals surface area contributed by atoms with E-state index in [1.165, 1.54) is 9.81 Å². The van der Waals surface area contributed by atoms with Crippen LogP contribution in [-0.2, 0) is 4.43 Å². The molecule has 10 heteroatoms. The van der Waals surface area contributed by atoms with Gasteiger partial charge in [-0.25, -0.2) is 0 Å². The van der Waals surface area contributed by atoms with E-state index in [1.54, 1.807) is 62.3 Å². The smallest absolute Gasteiger partial charge is 0.214 e. The van der Waals surface area contributed by atoms with E-state index in [4.69, 9.17) is 4.43 Å². The minimum absolute atomic E-state index is 0.219. The van der Waals surface area contributed by atoms with Crippen molar-refractivity contribution in [3.63, 3.8) is 0 Å². The van der Waals surface area contributed by atoms with Gasteiger partial charge < -0.3 is 9.53 Å². The third kappa shape index (κ3) is 5.91. The van der Waals surface area contributed by atoms with Crippen molar-refractivity contribution >= 4 is 41.7 Å². The van der Waals surface area contributed by atoms with E-state index in [2.05, 4.69) is 61.5 Å². The number of hydrogen-bond acceptors (Lipinski definition) is 8. The van der Waals surface area contributed by atoms with E-state index in [1.807, 2.05) is 0 Å². The number of allylic oxidation sites excluding steroid dienone is 2. The van der Waals surface area contributed by atoms with Crippen molar-refractivity contribution in [1.29, 1.82) is 0 Å². The van der Waals surface area contributed by atoms with Crippen LogP contribution in [0.5, 0.6) is 5.75 Å². The molecule has 2 heterocycles. The van der Waals surface area contributed by atoms with Gasteiger partial charge in [0.1, 0.15) is 5.75 Å².